The van der Waals surface area contributed by atoms with Gasteiger partial charge in [0.15, 0.2) is 0 Å². The molecule has 144 valence electrons. The normalized spacial score (nSPS) is 22.1. The van der Waals surface area contributed by atoms with Crippen LogP contribution in [0.2, 0.25) is 0 Å². The second-order valence-corrected chi connectivity index (χ2v) is 7.51. The number of hydrogen-bond donors (Lipinski definition) is 2. The number of hydrogen-bond acceptors (Lipinski definition) is 4. The summed E-state index contributed by atoms with van der Waals surface area (Å²) in [7, 11) is 0. The van der Waals surface area contributed by atoms with Crippen LogP contribution in [-0.2, 0) is 4.79 Å². The summed E-state index contributed by atoms with van der Waals surface area (Å²) < 4.78 is 0. The van der Waals surface area contributed by atoms with Gasteiger partial charge in [0.2, 0.25) is 0 Å². The predicted octanol–water partition coefficient (Wildman–Crippen LogP) is 2.69. The second kappa shape index (κ2) is 7.50. The van der Waals surface area contributed by atoms with Crippen molar-refractivity contribution >= 4 is 17.6 Å². The third-order valence-electron chi connectivity index (χ3n) is 5.76. The van der Waals surface area contributed by atoms with Gasteiger partial charge in [-0.25, -0.2) is 0 Å². The fourth-order valence-electron chi connectivity index (χ4n) is 4.36. The maximum Gasteiger partial charge on any atom is 0.251 e. The first-order chi connectivity index (χ1) is 13.5. The molecule has 5 nitrogen and oxygen atoms in total. The van der Waals surface area contributed by atoms with E-state index in [2.05, 4.69) is 54.0 Å². The van der Waals surface area contributed by atoms with Crippen molar-refractivity contribution in [2.45, 2.75) is 31.7 Å². The molecule has 4 rings (SSSR count). The Kier molecular flexibility index (Phi) is 4.90. The Hall–Kier alpha value is -3.08. The van der Waals surface area contributed by atoms with E-state index >= 15 is 0 Å². The van der Waals surface area contributed by atoms with Crippen molar-refractivity contribution in [1.82, 2.24) is 5.32 Å². The molecular weight excluding hydrogens is 352 g/mol. The molecule has 0 spiro atoms. The molecule has 0 unspecified atom stereocenters. The summed E-state index contributed by atoms with van der Waals surface area (Å²) in [4.78, 5) is 22.9. The van der Waals surface area contributed by atoms with Crippen LogP contribution in [0.4, 0.5) is 5.69 Å². The first kappa shape index (κ1) is 18.3. The molecule has 3 atom stereocenters. The molecule has 2 aliphatic rings. The summed E-state index contributed by atoms with van der Waals surface area (Å²) in [5.74, 6) is -0.762. The van der Waals surface area contributed by atoms with Gasteiger partial charge in [-0.05, 0) is 54.2 Å². The van der Waals surface area contributed by atoms with Crippen LogP contribution in [-0.4, -0.2) is 18.4 Å². The number of amides is 1. The van der Waals surface area contributed by atoms with E-state index in [0.717, 1.165) is 17.7 Å². The van der Waals surface area contributed by atoms with Crippen molar-refractivity contribution in [2.24, 2.45) is 5.92 Å². The first-order valence-corrected chi connectivity index (χ1v) is 9.65. The maximum absolute atomic E-state index is 12.4. The summed E-state index contributed by atoms with van der Waals surface area (Å²) in [5, 5.41) is 16.9. The highest BCUT2D eigenvalue weighted by Crippen LogP contribution is 2.50. The topological polar surface area (TPSA) is 81.3 Å². The van der Waals surface area contributed by atoms with Crippen molar-refractivity contribution < 1.29 is 14.7 Å². The van der Waals surface area contributed by atoms with Crippen LogP contribution in [0.15, 0.2) is 54.6 Å². The zero-order chi connectivity index (χ0) is 19.7. The molecule has 0 fully saturated rings. The number of aryl methyl sites for hydroxylation is 1. The van der Waals surface area contributed by atoms with Gasteiger partial charge in [0.1, 0.15) is 0 Å². The molecule has 0 saturated carbocycles. The fourth-order valence-corrected chi connectivity index (χ4v) is 4.36. The lowest BCUT2D eigenvalue weighted by Crippen LogP contribution is -2.32. The molecule has 5 heteroatoms. The van der Waals surface area contributed by atoms with E-state index in [1.165, 1.54) is 11.1 Å². The SMILES string of the molecule is Cc1ccccc1[C@H]1Nc2ccc(C(=O)NCCC(=O)[O-])cc2[C@H]2C=CC[C@@H]21. The Balaban J connectivity index is 1.61. The van der Waals surface area contributed by atoms with Crippen LogP contribution in [0, 0.1) is 12.8 Å². The Morgan fingerprint density at radius 3 is 2.79 bits per heavy atom. The maximum atomic E-state index is 12.4. The number of benzene rings is 2. The molecule has 1 heterocycles. The smallest absolute Gasteiger partial charge is 0.251 e. The summed E-state index contributed by atoms with van der Waals surface area (Å²) in [5.41, 5.74) is 5.31. The molecule has 0 aromatic heterocycles. The molecular formula is C23H23N2O3-. The monoisotopic (exact) mass is 375 g/mol. The number of carboxylic acids is 1. The number of carbonyl (C=O) groups excluding carboxylic acids is 2. The summed E-state index contributed by atoms with van der Waals surface area (Å²) >= 11 is 0. The molecule has 0 bridgehead atoms. The molecule has 28 heavy (non-hydrogen) atoms. The minimum absolute atomic E-state index is 0.0673. The van der Waals surface area contributed by atoms with Crippen LogP contribution in [0.5, 0.6) is 0 Å². The Morgan fingerprint density at radius 1 is 1.18 bits per heavy atom. The Labute approximate surface area is 164 Å². The van der Waals surface area contributed by atoms with Crippen LogP contribution in [0.1, 0.15) is 51.8 Å². The number of nitrogens with one attached hydrogen (secondary N) is 2. The van der Waals surface area contributed by atoms with Gasteiger partial charge in [0.25, 0.3) is 5.91 Å². The first-order valence-electron chi connectivity index (χ1n) is 9.65. The Bertz CT molecular complexity index is 951. The highest BCUT2D eigenvalue weighted by molar-refractivity contribution is 5.95. The lowest BCUT2D eigenvalue weighted by molar-refractivity contribution is -0.305. The lowest BCUT2D eigenvalue weighted by atomic mass is 9.76. The van der Waals surface area contributed by atoms with Crippen molar-refractivity contribution in [1.29, 1.82) is 0 Å². The number of anilines is 1. The van der Waals surface area contributed by atoms with Crippen LogP contribution in [0.25, 0.3) is 0 Å². The van der Waals surface area contributed by atoms with E-state index in [0.29, 0.717) is 11.5 Å². The van der Waals surface area contributed by atoms with Gasteiger partial charge in [0, 0.05) is 36.1 Å². The number of fused-ring (bicyclic) bond motifs is 3. The predicted molar refractivity (Wildman–Crippen MR) is 106 cm³/mol. The third kappa shape index (κ3) is 3.40. The van der Waals surface area contributed by atoms with Gasteiger partial charge in [0.05, 0.1) is 6.04 Å². The van der Waals surface area contributed by atoms with Crippen LogP contribution < -0.4 is 15.7 Å². The van der Waals surface area contributed by atoms with Gasteiger partial charge < -0.3 is 20.5 Å². The van der Waals surface area contributed by atoms with Crippen molar-refractivity contribution in [3.8, 4) is 0 Å². The summed E-state index contributed by atoms with van der Waals surface area (Å²) in [6.45, 7) is 2.21. The molecule has 1 aliphatic carbocycles. The zero-order valence-electron chi connectivity index (χ0n) is 15.8. The van der Waals surface area contributed by atoms with E-state index in [1.807, 2.05) is 12.1 Å². The average molecular weight is 375 g/mol. The molecule has 1 amide bonds. The quantitative estimate of drug-likeness (QED) is 0.788. The number of aliphatic carboxylic acids is 1. The van der Waals surface area contributed by atoms with Gasteiger partial charge in [-0.1, -0.05) is 36.4 Å². The van der Waals surface area contributed by atoms with Crippen molar-refractivity contribution in [2.75, 3.05) is 11.9 Å². The largest absolute Gasteiger partial charge is 0.550 e. The van der Waals surface area contributed by atoms with Gasteiger partial charge >= 0.3 is 0 Å². The Morgan fingerprint density at radius 2 is 2.00 bits per heavy atom. The molecule has 0 radical (unpaired) electrons. The molecule has 2 aromatic carbocycles. The molecule has 2 aromatic rings. The van der Waals surface area contributed by atoms with E-state index in [9.17, 15) is 14.7 Å². The minimum Gasteiger partial charge on any atom is -0.550 e. The van der Waals surface area contributed by atoms with Crippen molar-refractivity contribution in [3.63, 3.8) is 0 Å². The van der Waals surface area contributed by atoms with Gasteiger partial charge in [-0.15, -0.1) is 0 Å². The third-order valence-corrected chi connectivity index (χ3v) is 5.76. The van der Waals surface area contributed by atoms with Crippen molar-refractivity contribution in [3.05, 3.63) is 76.9 Å². The van der Waals surface area contributed by atoms with Crippen LogP contribution in [0.3, 0.4) is 0 Å². The number of carboxylic acid groups (broad SMARTS) is 1. The number of allylic oxidation sites excluding steroid dienone is 2. The van der Waals surface area contributed by atoms with E-state index < -0.39 is 5.97 Å². The highest BCUT2D eigenvalue weighted by atomic mass is 16.4. The van der Waals surface area contributed by atoms with Gasteiger partial charge in [-0.3, -0.25) is 4.79 Å². The molecule has 2 N–H and O–H groups in total. The summed E-state index contributed by atoms with van der Waals surface area (Å²) in [6.07, 6.45) is 5.28. The zero-order valence-corrected chi connectivity index (χ0v) is 15.8. The standard InChI is InChI=1S/C23H24N2O3/c1-14-5-2-3-6-16(14)22-18-8-4-7-17(18)19-13-15(9-10-20(19)25-22)23(28)24-12-11-21(26)27/h2-7,9-10,13,17-18,22,25H,8,11-12H2,1H3,(H,24,28)(H,26,27)/p-1/t17-,18-,22+/m0/s1. The highest BCUT2D eigenvalue weighted by Gasteiger charge is 2.38. The molecule has 0 saturated heterocycles. The minimum atomic E-state index is -1.17. The molecule has 1 aliphatic heterocycles. The van der Waals surface area contributed by atoms with E-state index in [4.69, 9.17) is 0 Å². The van der Waals surface area contributed by atoms with Gasteiger partial charge in [-0.2, -0.15) is 0 Å². The summed E-state index contributed by atoms with van der Waals surface area (Å²) in [6, 6.07) is 14.4. The average Bonchev–Trinajstić information content (AvgIpc) is 3.17. The fraction of sp³-hybridized carbons (Fsp3) is 0.304. The van der Waals surface area contributed by atoms with E-state index in [1.54, 1.807) is 6.07 Å². The number of carbonyl (C=O) groups is 2. The lowest BCUT2D eigenvalue weighted by Gasteiger charge is -2.38. The number of rotatable bonds is 5. The van der Waals surface area contributed by atoms with E-state index in [-0.39, 0.29) is 30.8 Å². The van der Waals surface area contributed by atoms with Crippen LogP contribution >= 0.6 is 0 Å². The second-order valence-electron chi connectivity index (χ2n) is 7.51.